The van der Waals surface area contributed by atoms with Crippen LogP contribution in [-0.4, -0.2) is 117 Å². The third kappa shape index (κ3) is 27.0. The molecule has 0 aliphatic heterocycles. The van der Waals surface area contributed by atoms with Gasteiger partial charge >= 0.3 is 48.1 Å². The summed E-state index contributed by atoms with van der Waals surface area (Å²) < 4.78 is 221. The van der Waals surface area contributed by atoms with E-state index in [1.165, 1.54) is 116 Å². The van der Waals surface area contributed by atoms with E-state index in [2.05, 4.69) is 61.3 Å². The van der Waals surface area contributed by atoms with Crippen molar-refractivity contribution in [1.29, 1.82) is 0 Å². The van der Waals surface area contributed by atoms with Gasteiger partial charge in [-0.15, -0.1) is 11.6 Å². The van der Waals surface area contributed by atoms with E-state index in [0.29, 0.717) is 81.0 Å². The molecular formula is C85H77ClF10N9NaO13S4. The molecule has 7 aromatic carbocycles. The molecule has 0 radical (unpaired) electrons. The van der Waals surface area contributed by atoms with E-state index >= 15 is 0 Å². The topological polar surface area (TPSA) is 270 Å². The maximum atomic E-state index is 13.9. The van der Waals surface area contributed by atoms with Gasteiger partial charge in [-0.3, -0.25) is 18.8 Å². The maximum absolute atomic E-state index is 13.9. The maximum Gasteiger partial charge on any atom is 1.00 e. The Morgan fingerprint density at radius 2 is 0.724 bits per heavy atom. The van der Waals surface area contributed by atoms with Gasteiger partial charge in [-0.1, -0.05) is 127 Å². The molecule has 6 aromatic heterocycles. The van der Waals surface area contributed by atoms with Crippen molar-refractivity contribution in [1.82, 2.24) is 43.6 Å². The Labute approximate surface area is 741 Å². The summed E-state index contributed by atoms with van der Waals surface area (Å²) in [5.41, 5.74) is 2.82. The van der Waals surface area contributed by atoms with Crippen LogP contribution in [0.3, 0.4) is 0 Å². The molecule has 13 rings (SSSR count). The van der Waals surface area contributed by atoms with Crippen LogP contribution in [0.2, 0.25) is 0 Å². The zero-order chi connectivity index (χ0) is 88.9. The van der Waals surface area contributed by atoms with Crippen LogP contribution in [0.5, 0.6) is 34.5 Å². The second kappa shape index (κ2) is 44.0. The van der Waals surface area contributed by atoms with E-state index in [0.717, 1.165) is 34.4 Å². The van der Waals surface area contributed by atoms with E-state index in [9.17, 15) is 75.1 Å². The van der Waals surface area contributed by atoms with Crippen molar-refractivity contribution >= 4 is 57.0 Å². The molecule has 0 fully saturated rings. The number of methoxy groups -OCH3 is 6. The predicted octanol–water partition coefficient (Wildman–Crippen LogP) is 14.8. The average molecular weight is 1810 g/mol. The van der Waals surface area contributed by atoms with Crippen LogP contribution in [0.25, 0.3) is 56.0 Å². The average Bonchev–Trinajstić information content (AvgIpc) is 0.787. The van der Waals surface area contributed by atoms with Gasteiger partial charge in [0, 0.05) is 65.6 Å². The van der Waals surface area contributed by atoms with Crippen LogP contribution in [0, 0.1) is 4.77 Å². The standard InChI is InChI=1S/C32H26F3N3O5S.C20H18F3N3O5S.C19H16F3N3O3S.C13H11Cl.CH3F.Na.H2S.H/c1-42-27-14-10-22(16-28(27)43-2)18-38-19-25(13-15-30(38)39)26-17-29(32(33,34)35)37-31(36-26)44(40,41)20-21-8-11-24(12-9-21)23-6-4-3-5-7-23;1-30-15-6-4-12(8-16(15)31-2)10-26-11-13(5-7-18(26)27)14-9-17(20(21,22)23)25-19(24-14)32(3,28)29;1-27-14-5-3-11(7-15(14)28-2)9-25-10-12(4-6-17(25)26)13-8-16(19(20,21)22)24-18(29)23-13;14-10-11-6-8-13(9-7-11)12-4-2-1-3-5-12;1-2;;;/h3-17,19H,18,20H2,1-2H3;4-9,11H,10H2,1-3H3;3-8,10H,9H2,1-2H3,(H,23,24,29);1-9H,10H2;1H3;;1H2;/q;;;;;+1;;-1/i;;;;1D;;;. The molecular weight excluding hydrogens is 1730 g/mol. The molecule has 0 bridgehead atoms. The number of nitrogens with zero attached hydrogens (tertiary/aromatic N) is 8. The molecule has 642 valence electrons. The Morgan fingerprint density at radius 3 is 1.05 bits per heavy atom. The van der Waals surface area contributed by atoms with Crippen molar-refractivity contribution in [2.45, 2.75) is 60.1 Å². The number of aromatic nitrogens is 9. The van der Waals surface area contributed by atoms with Gasteiger partial charge in [0.1, 0.15) is 17.1 Å². The van der Waals surface area contributed by atoms with E-state index in [4.69, 9.17) is 53.6 Å². The van der Waals surface area contributed by atoms with Crippen LogP contribution in [-0.2, 0) is 69.5 Å². The number of ether oxygens (including phenoxy) is 6. The zero-order valence-corrected chi connectivity index (χ0v) is 72.7. The van der Waals surface area contributed by atoms with Crippen molar-refractivity contribution < 1.29 is 122 Å². The monoisotopic (exact) mass is 1810 g/mol. The second-order valence-corrected chi connectivity index (χ2v) is 30.3. The summed E-state index contributed by atoms with van der Waals surface area (Å²) in [6, 6.07) is 59.7. The molecule has 0 saturated heterocycles. The van der Waals surface area contributed by atoms with Gasteiger partial charge in [0.15, 0.2) is 39.3 Å². The fourth-order valence-corrected chi connectivity index (χ4v) is 13.7. The number of H-pyrrole nitrogens is 1. The minimum atomic E-state index is -4.95. The summed E-state index contributed by atoms with van der Waals surface area (Å²) in [5, 5.41) is -1.92. The number of aromatic amines is 1. The summed E-state index contributed by atoms with van der Waals surface area (Å²) in [7, 11) is -0.617. The molecule has 13 aromatic rings. The number of rotatable bonds is 22. The van der Waals surface area contributed by atoms with Gasteiger partial charge in [0.2, 0.25) is 30.0 Å². The van der Waals surface area contributed by atoms with E-state index < -0.39 is 89.6 Å². The van der Waals surface area contributed by atoms with E-state index in [1.807, 2.05) is 53.5 Å². The third-order valence-electron chi connectivity index (χ3n) is 17.5. The Morgan fingerprint density at radius 1 is 0.415 bits per heavy atom. The summed E-state index contributed by atoms with van der Waals surface area (Å²) in [6.07, 6.45) is -9.66. The Balaban J connectivity index is 0.000000266. The molecule has 1 N–H and O–H groups in total. The third-order valence-corrected chi connectivity index (χ3v) is 20.3. The first kappa shape index (κ1) is 96.9. The molecule has 0 spiro atoms. The fourth-order valence-electron chi connectivity index (χ4n) is 11.6. The quantitative estimate of drug-likeness (QED) is 0.0217. The first-order chi connectivity index (χ1) is 57.9. The Kier molecular flexibility index (Phi) is 34.7. The Bertz CT molecular complexity index is 6320. The second-order valence-electron chi connectivity index (χ2n) is 25.8. The van der Waals surface area contributed by atoms with E-state index in [1.54, 1.807) is 78.9 Å². The molecule has 6 heterocycles. The van der Waals surface area contributed by atoms with Crippen LogP contribution in [0.15, 0.2) is 262 Å². The molecule has 0 atom stereocenters. The fraction of sp³-hybridized carbons (Fsp3) is 0.188. The largest absolute Gasteiger partial charge is 1.00 e. The number of hydrogen-bond donors (Lipinski definition) is 1. The first-order valence-electron chi connectivity index (χ1n) is 36.1. The zero-order valence-electron chi connectivity index (χ0n) is 68.5. The Hall–Kier alpha value is -11.5. The number of hydrogen-bond acceptors (Lipinski definition) is 19. The number of nitrogens with one attached hydrogen (secondary N) is 1. The first-order valence-corrected chi connectivity index (χ1v) is 39.9. The number of halogens is 11. The van der Waals surface area contributed by atoms with Gasteiger partial charge in [-0.25, -0.2) is 41.8 Å². The molecule has 0 saturated carbocycles. The number of alkyl halides is 11. The van der Waals surface area contributed by atoms with Crippen LogP contribution >= 0.6 is 37.3 Å². The van der Waals surface area contributed by atoms with Gasteiger partial charge in [0.25, 0.3) is 16.7 Å². The summed E-state index contributed by atoms with van der Waals surface area (Å²) in [6.45, 7) is 0.302. The molecule has 0 unspecified atom stereocenters. The van der Waals surface area contributed by atoms with Crippen molar-refractivity contribution in [3.05, 3.63) is 318 Å². The van der Waals surface area contributed by atoms with Crippen molar-refractivity contribution in [3.63, 3.8) is 0 Å². The molecule has 123 heavy (non-hydrogen) atoms. The van der Waals surface area contributed by atoms with Crippen LogP contribution in [0.4, 0.5) is 43.9 Å². The van der Waals surface area contributed by atoms with Gasteiger partial charge in [0.05, 0.1) is 93.7 Å². The van der Waals surface area contributed by atoms with Gasteiger partial charge in [-0.05, 0) is 135 Å². The van der Waals surface area contributed by atoms with E-state index in [-0.39, 0.29) is 103 Å². The molecule has 22 nitrogen and oxygen atoms in total. The number of pyridine rings is 3. The molecule has 0 aliphatic rings. The summed E-state index contributed by atoms with van der Waals surface area (Å²) >= 11 is 10.5. The normalized spacial score (nSPS) is 11.3. The van der Waals surface area contributed by atoms with Crippen molar-refractivity contribution in [2.75, 3.05) is 56.1 Å². The smallest absolute Gasteiger partial charge is 1.00 e. The molecule has 38 heteroatoms. The molecule has 0 amide bonds. The predicted molar refractivity (Wildman–Crippen MR) is 449 cm³/mol. The van der Waals surface area contributed by atoms with Gasteiger partial charge in [-0.2, -0.15) is 53.0 Å². The SMILES string of the molecule is COc1ccc(Cn2cc(-c3cc(C(F)(F)F)[nH]c(=S)n3)ccc2=O)cc1OC.COc1ccc(Cn2cc(-c3cc(C(F)(F)F)nc(S(=O)(=O)Cc4ccc(-c5ccccc5)cc4)n3)ccc2=O)cc1OC.COc1ccc(Cn2cc(-c3cc(C(F)(F)F)nc(S(C)(=O)=O)n3)ccc2=O)cc1OC.ClCc1ccc(-c2ccccc2)cc1.S.[2H]CF.[H-].[Na+]. The van der Waals surface area contributed by atoms with Crippen molar-refractivity contribution in [2.24, 2.45) is 0 Å². The number of sulfone groups is 2. The number of benzene rings is 7. The summed E-state index contributed by atoms with van der Waals surface area (Å²) in [4.78, 5) is 57.5. The summed E-state index contributed by atoms with van der Waals surface area (Å²) in [5.74, 6) is 2.86. The van der Waals surface area contributed by atoms with Gasteiger partial charge < -0.3 is 48.5 Å². The molecule has 0 aliphatic carbocycles. The van der Waals surface area contributed by atoms with Crippen LogP contribution in [0.1, 0.15) is 47.7 Å². The minimum Gasteiger partial charge on any atom is -1.00 e. The van der Waals surface area contributed by atoms with Crippen LogP contribution < -0.4 is 74.7 Å². The minimum absolute atomic E-state index is 0. The van der Waals surface area contributed by atoms with Crippen molar-refractivity contribution in [3.8, 4) is 90.5 Å².